The average Bonchev–Trinajstić information content (AvgIpc) is 2.78. The summed E-state index contributed by atoms with van der Waals surface area (Å²) in [5.41, 5.74) is 1.93. The molecule has 1 aliphatic carbocycles. The van der Waals surface area contributed by atoms with Crippen molar-refractivity contribution in [3.8, 4) is 6.07 Å². The number of imidazole rings is 1. The molecule has 1 heterocycles. The van der Waals surface area contributed by atoms with Crippen molar-refractivity contribution in [1.82, 2.24) is 9.55 Å². The van der Waals surface area contributed by atoms with E-state index >= 15 is 0 Å². The largest absolute Gasteiger partial charge is 0.391 e. The molecular formula is C15H17N3O. The summed E-state index contributed by atoms with van der Waals surface area (Å²) in [6.45, 7) is 0. The van der Waals surface area contributed by atoms with Crippen LogP contribution in [-0.4, -0.2) is 20.8 Å². The molecule has 2 atom stereocenters. The fraction of sp³-hybridized carbons (Fsp3) is 0.467. The summed E-state index contributed by atoms with van der Waals surface area (Å²) >= 11 is 0. The van der Waals surface area contributed by atoms with Crippen molar-refractivity contribution >= 4 is 11.0 Å². The van der Waals surface area contributed by atoms with Crippen molar-refractivity contribution in [3.05, 3.63) is 30.1 Å². The SMILES string of the molecule is N#CCc1nc2ccccc2n1[C@H]1CCCC[C@@H]1O. The molecule has 0 amide bonds. The smallest absolute Gasteiger partial charge is 0.124 e. The second-order valence-corrected chi connectivity index (χ2v) is 5.14. The Morgan fingerprint density at radius 2 is 2.11 bits per heavy atom. The Morgan fingerprint density at radius 3 is 2.89 bits per heavy atom. The lowest BCUT2D eigenvalue weighted by Crippen LogP contribution is -2.28. The molecule has 1 fully saturated rings. The summed E-state index contributed by atoms with van der Waals surface area (Å²) in [7, 11) is 0. The Hall–Kier alpha value is -1.86. The summed E-state index contributed by atoms with van der Waals surface area (Å²) in [6.07, 6.45) is 3.96. The van der Waals surface area contributed by atoms with Crippen LogP contribution in [0.4, 0.5) is 0 Å². The zero-order valence-corrected chi connectivity index (χ0v) is 10.8. The Bertz CT molecular complexity index is 626. The molecule has 98 valence electrons. The third-order valence-corrected chi connectivity index (χ3v) is 3.93. The van der Waals surface area contributed by atoms with Crippen molar-refractivity contribution < 1.29 is 5.11 Å². The molecule has 2 aromatic rings. The molecule has 1 aliphatic rings. The molecule has 4 nitrogen and oxygen atoms in total. The van der Waals surface area contributed by atoms with Crippen LogP contribution in [0.15, 0.2) is 24.3 Å². The number of benzene rings is 1. The summed E-state index contributed by atoms with van der Waals surface area (Å²) in [5.74, 6) is 0.773. The van der Waals surface area contributed by atoms with Crippen molar-refractivity contribution in [2.45, 2.75) is 44.2 Å². The van der Waals surface area contributed by atoms with Crippen molar-refractivity contribution in [2.75, 3.05) is 0 Å². The van der Waals surface area contributed by atoms with Gasteiger partial charge in [0.15, 0.2) is 0 Å². The number of hydrogen-bond acceptors (Lipinski definition) is 3. The topological polar surface area (TPSA) is 61.8 Å². The summed E-state index contributed by atoms with van der Waals surface area (Å²) < 4.78 is 2.09. The maximum atomic E-state index is 10.3. The van der Waals surface area contributed by atoms with E-state index in [4.69, 9.17) is 5.26 Å². The Kier molecular flexibility index (Phi) is 3.22. The average molecular weight is 255 g/mol. The molecular weight excluding hydrogens is 238 g/mol. The van der Waals surface area contributed by atoms with Crippen LogP contribution in [0.3, 0.4) is 0 Å². The number of aromatic nitrogens is 2. The van der Waals surface area contributed by atoms with E-state index < -0.39 is 0 Å². The van der Waals surface area contributed by atoms with Gasteiger partial charge in [-0.25, -0.2) is 4.98 Å². The Labute approximate surface area is 112 Å². The third-order valence-electron chi connectivity index (χ3n) is 3.93. The van der Waals surface area contributed by atoms with Crippen molar-refractivity contribution in [1.29, 1.82) is 5.26 Å². The van der Waals surface area contributed by atoms with Crippen LogP contribution in [0, 0.1) is 11.3 Å². The molecule has 1 aromatic heterocycles. The van der Waals surface area contributed by atoms with Crippen LogP contribution < -0.4 is 0 Å². The van der Waals surface area contributed by atoms with Crippen LogP contribution in [0.2, 0.25) is 0 Å². The van der Waals surface area contributed by atoms with Gasteiger partial charge in [-0.1, -0.05) is 25.0 Å². The van der Waals surface area contributed by atoms with Crippen molar-refractivity contribution in [2.24, 2.45) is 0 Å². The second-order valence-electron chi connectivity index (χ2n) is 5.14. The zero-order valence-electron chi connectivity index (χ0n) is 10.8. The molecule has 1 saturated carbocycles. The first-order valence-corrected chi connectivity index (χ1v) is 6.82. The summed E-state index contributed by atoms with van der Waals surface area (Å²) in [6, 6.07) is 10.1. The minimum absolute atomic E-state index is 0.0597. The number of aliphatic hydroxyl groups excluding tert-OH is 1. The highest BCUT2D eigenvalue weighted by atomic mass is 16.3. The van der Waals surface area contributed by atoms with Gasteiger partial charge >= 0.3 is 0 Å². The van der Waals surface area contributed by atoms with E-state index in [0.29, 0.717) is 0 Å². The van der Waals surface area contributed by atoms with Crippen LogP contribution in [0.1, 0.15) is 37.5 Å². The lowest BCUT2D eigenvalue weighted by molar-refractivity contribution is 0.0761. The molecule has 0 radical (unpaired) electrons. The number of hydrogen-bond donors (Lipinski definition) is 1. The van der Waals surface area contributed by atoms with Gasteiger partial charge < -0.3 is 9.67 Å². The Morgan fingerprint density at radius 1 is 1.32 bits per heavy atom. The number of rotatable bonds is 2. The van der Waals surface area contributed by atoms with Gasteiger partial charge in [0.2, 0.25) is 0 Å². The molecule has 0 saturated heterocycles. The van der Waals surface area contributed by atoms with Crippen LogP contribution >= 0.6 is 0 Å². The van der Waals surface area contributed by atoms with Crippen LogP contribution in [-0.2, 0) is 6.42 Å². The van der Waals surface area contributed by atoms with Crippen molar-refractivity contribution in [3.63, 3.8) is 0 Å². The minimum Gasteiger partial charge on any atom is -0.391 e. The molecule has 0 spiro atoms. The Balaban J connectivity index is 2.14. The first-order valence-electron chi connectivity index (χ1n) is 6.82. The van der Waals surface area contributed by atoms with E-state index in [1.807, 2.05) is 24.3 Å². The number of nitrogens with zero attached hydrogens (tertiary/aromatic N) is 3. The maximum Gasteiger partial charge on any atom is 0.124 e. The van der Waals surface area contributed by atoms with Crippen LogP contribution in [0.25, 0.3) is 11.0 Å². The normalized spacial score (nSPS) is 23.4. The quantitative estimate of drug-likeness (QED) is 0.897. The highest BCUT2D eigenvalue weighted by molar-refractivity contribution is 5.76. The van der Waals surface area contributed by atoms with Gasteiger partial charge in [0.05, 0.1) is 35.7 Å². The zero-order chi connectivity index (χ0) is 13.2. The second kappa shape index (κ2) is 5.02. The first kappa shape index (κ1) is 12.2. The van der Waals surface area contributed by atoms with Gasteiger partial charge in [-0.15, -0.1) is 0 Å². The van der Waals surface area contributed by atoms with Crippen LogP contribution in [0.5, 0.6) is 0 Å². The highest BCUT2D eigenvalue weighted by Gasteiger charge is 2.27. The molecule has 1 aromatic carbocycles. The fourth-order valence-corrected chi connectivity index (χ4v) is 3.05. The maximum absolute atomic E-state index is 10.3. The molecule has 0 aliphatic heterocycles. The van der Waals surface area contributed by atoms with Gasteiger partial charge in [-0.3, -0.25) is 0 Å². The molecule has 0 unspecified atom stereocenters. The summed E-state index contributed by atoms with van der Waals surface area (Å²) in [4.78, 5) is 4.54. The van der Waals surface area contributed by atoms with E-state index in [9.17, 15) is 5.11 Å². The number of aliphatic hydroxyl groups is 1. The van der Waals surface area contributed by atoms with E-state index in [0.717, 1.165) is 42.5 Å². The predicted molar refractivity (Wildman–Crippen MR) is 72.6 cm³/mol. The number of nitriles is 1. The summed E-state index contributed by atoms with van der Waals surface area (Å²) in [5, 5.41) is 19.2. The van der Waals surface area contributed by atoms with Gasteiger partial charge in [-0.05, 0) is 25.0 Å². The van der Waals surface area contributed by atoms with E-state index in [2.05, 4.69) is 15.6 Å². The first-order chi connectivity index (χ1) is 9.31. The number of para-hydroxylation sites is 2. The van der Waals surface area contributed by atoms with Gasteiger partial charge in [0, 0.05) is 0 Å². The molecule has 3 rings (SSSR count). The lowest BCUT2D eigenvalue weighted by Gasteiger charge is -2.30. The molecule has 4 heteroatoms. The van der Waals surface area contributed by atoms with E-state index in [-0.39, 0.29) is 18.6 Å². The fourth-order valence-electron chi connectivity index (χ4n) is 3.05. The van der Waals surface area contributed by atoms with Gasteiger partial charge in [0.25, 0.3) is 0 Å². The highest BCUT2D eigenvalue weighted by Crippen LogP contribution is 2.32. The van der Waals surface area contributed by atoms with E-state index in [1.165, 1.54) is 0 Å². The molecule has 19 heavy (non-hydrogen) atoms. The molecule has 1 N–H and O–H groups in total. The predicted octanol–water partition coefficient (Wildman–Crippen LogP) is 2.58. The van der Waals surface area contributed by atoms with Gasteiger partial charge in [-0.2, -0.15) is 5.26 Å². The molecule has 0 bridgehead atoms. The lowest BCUT2D eigenvalue weighted by atomic mass is 9.92. The van der Waals surface area contributed by atoms with Gasteiger partial charge in [0.1, 0.15) is 5.82 Å². The van der Waals surface area contributed by atoms with E-state index in [1.54, 1.807) is 0 Å². The minimum atomic E-state index is -0.330. The monoisotopic (exact) mass is 255 g/mol. The standard InChI is InChI=1S/C15H17N3O/c16-10-9-15-17-11-5-1-2-6-12(11)18(15)13-7-3-4-8-14(13)19/h1-2,5-6,13-14,19H,3-4,7-9H2/t13-,14-/m0/s1. The number of fused-ring (bicyclic) bond motifs is 1. The third kappa shape index (κ3) is 2.11.